The molecule has 3 aliphatic heterocycles. The molecule has 6 heteroatoms. The van der Waals surface area contributed by atoms with Crippen LogP contribution in [0.15, 0.2) is 37.0 Å². The summed E-state index contributed by atoms with van der Waals surface area (Å²) in [5.41, 5.74) is 0.333. The van der Waals surface area contributed by atoms with Gasteiger partial charge in [0.15, 0.2) is 0 Å². The molecule has 2 saturated heterocycles. The Morgan fingerprint density at radius 2 is 2.19 bits per heavy atom. The molecule has 0 aromatic rings. The van der Waals surface area contributed by atoms with Crippen LogP contribution in [0.5, 0.6) is 0 Å². The highest BCUT2D eigenvalue weighted by Crippen LogP contribution is 2.49. The number of ether oxygens (including phenoxy) is 2. The van der Waals surface area contributed by atoms with Crippen molar-refractivity contribution in [2.75, 3.05) is 19.7 Å². The smallest absolute Gasteiger partial charge is 0.410 e. The number of amides is 2. The predicted molar refractivity (Wildman–Crippen MR) is 98.6 cm³/mol. The zero-order valence-corrected chi connectivity index (χ0v) is 15.8. The standard InChI is InChI=1S/C20H28N2O4/c1-6-9-14-16-15(18(23)21(14)8-3)17-20(5,26-16)11-13(4)12-22(17)19(24)25-10-7-2/h6-7,11,14-17H,1-2,8-10,12H2,3-5H3/t14-,15+,16-,17+,20+/m1/s1. The second-order valence-electron chi connectivity index (χ2n) is 7.44. The fraction of sp³-hybridized carbons (Fsp3) is 0.600. The van der Waals surface area contributed by atoms with Gasteiger partial charge in [0.05, 0.1) is 24.1 Å². The van der Waals surface area contributed by atoms with Crippen LogP contribution < -0.4 is 0 Å². The Kier molecular flexibility index (Phi) is 4.97. The maximum Gasteiger partial charge on any atom is 0.410 e. The van der Waals surface area contributed by atoms with Crippen molar-refractivity contribution in [1.82, 2.24) is 9.80 Å². The summed E-state index contributed by atoms with van der Waals surface area (Å²) in [7, 11) is 0. The molecule has 0 aromatic carbocycles. The highest BCUT2D eigenvalue weighted by molar-refractivity contribution is 5.85. The highest BCUT2D eigenvalue weighted by Gasteiger charge is 2.65. The van der Waals surface area contributed by atoms with Crippen molar-refractivity contribution < 1.29 is 19.1 Å². The minimum Gasteiger partial charge on any atom is -0.445 e. The Bertz CT molecular complexity index is 658. The molecular formula is C20H28N2O4. The normalized spacial score (nSPS) is 35.7. The first-order chi connectivity index (χ1) is 12.4. The molecule has 0 unspecified atom stereocenters. The van der Waals surface area contributed by atoms with Gasteiger partial charge in [-0.2, -0.15) is 0 Å². The Morgan fingerprint density at radius 3 is 2.81 bits per heavy atom. The Hall–Kier alpha value is -2.08. The first-order valence-corrected chi connectivity index (χ1v) is 9.19. The van der Waals surface area contributed by atoms with Crippen molar-refractivity contribution in [1.29, 1.82) is 0 Å². The summed E-state index contributed by atoms with van der Waals surface area (Å²) in [5.74, 6) is -0.335. The van der Waals surface area contributed by atoms with Crippen molar-refractivity contribution >= 4 is 12.0 Å². The Labute approximate surface area is 155 Å². The third-order valence-electron chi connectivity index (χ3n) is 5.62. The molecule has 26 heavy (non-hydrogen) atoms. The molecule has 0 radical (unpaired) electrons. The molecule has 0 aromatic heterocycles. The summed E-state index contributed by atoms with van der Waals surface area (Å²) in [6.45, 7) is 14.5. The Morgan fingerprint density at radius 1 is 1.46 bits per heavy atom. The summed E-state index contributed by atoms with van der Waals surface area (Å²) in [4.78, 5) is 29.3. The van der Waals surface area contributed by atoms with Crippen molar-refractivity contribution in [3.8, 4) is 0 Å². The van der Waals surface area contributed by atoms with E-state index in [9.17, 15) is 9.59 Å². The maximum atomic E-state index is 13.2. The lowest BCUT2D eigenvalue weighted by Crippen LogP contribution is -2.58. The van der Waals surface area contributed by atoms with Gasteiger partial charge in [0, 0.05) is 13.1 Å². The van der Waals surface area contributed by atoms with Crippen molar-refractivity contribution in [3.63, 3.8) is 0 Å². The molecular weight excluding hydrogens is 332 g/mol. The molecule has 0 spiro atoms. The Balaban J connectivity index is 1.99. The molecule has 142 valence electrons. The van der Waals surface area contributed by atoms with Crippen molar-refractivity contribution in [3.05, 3.63) is 37.0 Å². The van der Waals surface area contributed by atoms with E-state index in [1.165, 1.54) is 6.08 Å². The van der Waals surface area contributed by atoms with Gasteiger partial charge in [-0.3, -0.25) is 9.69 Å². The largest absolute Gasteiger partial charge is 0.445 e. The molecule has 3 heterocycles. The van der Waals surface area contributed by atoms with E-state index in [2.05, 4.69) is 19.2 Å². The van der Waals surface area contributed by atoms with Gasteiger partial charge in [-0.25, -0.2) is 4.79 Å². The number of likely N-dealkylation sites (N-methyl/N-ethyl adjacent to an activating group) is 1. The van der Waals surface area contributed by atoms with Gasteiger partial charge >= 0.3 is 6.09 Å². The first-order valence-electron chi connectivity index (χ1n) is 9.19. The molecule has 3 aliphatic rings. The number of fused-ring (bicyclic) bond motifs is 3. The van der Waals surface area contributed by atoms with Gasteiger partial charge in [0.2, 0.25) is 5.91 Å². The molecule has 6 nitrogen and oxygen atoms in total. The van der Waals surface area contributed by atoms with E-state index >= 15 is 0 Å². The first kappa shape index (κ1) is 18.7. The number of carbonyl (C=O) groups is 2. The van der Waals surface area contributed by atoms with Crippen LogP contribution in [0.4, 0.5) is 4.79 Å². The van der Waals surface area contributed by atoms with Gasteiger partial charge in [-0.1, -0.05) is 30.4 Å². The van der Waals surface area contributed by atoms with E-state index in [1.54, 1.807) is 4.90 Å². The summed E-state index contributed by atoms with van der Waals surface area (Å²) in [5, 5.41) is 0. The third kappa shape index (κ3) is 2.76. The maximum absolute atomic E-state index is 13.2. The number of nitrogens with zero attached hydrogens (tertiary/aromatic N) is 2. The van der Waals surface area contributed by atoms with Gasteiger partial charge in [0.25, 0.3) is 0 Å². The van der Waals surface area contributed by atoms with Crippen LogP contribution in [0.3, 0.4) is 0 Å². The summed E-state index contributed by atoms with van der Waals surface area (Å²) in [6, 6.07) is -0.415. The van der Waals surface area contributed by atoms with E-state index in [4.69, 9.17) is 9.47 Å². The van der Waals surface area contributed by atoms with Crippen molar-refractivity contribution in [2.24, 2.45) is 5.92 Å². The molecule has 0 saturated carbocycles. The van der Waals surface area contributed by atoms with Gasteiger partial charge < -0.3 is 14.4 Å². The van der Waals surface area contributed by atoms with Gasteiger partial charge in [0.1, 0.15) is 12.2 Å². The molecule has 0 aliphatic carbocycles. The monoisotopic (exact) mass is 360 g/mol. The average Bonchev–Trinajstić information content (AvgIpc) is 3.02. The number of likely N-dealkylation sites (tertiary alicyclic amines) is 1. The lowest BCUT2D eigenvalue weighted by molar-refractivity contribution is -0.134. The van der Waals surface area contributed by atoms with Crippen LogP contribution in [-0.2, 0) is 14.3 Å². The fourth-order valence-electron chi connectivity index (χ4n) is 4.84. The van der Waals surface area contributed by atoms with E-state index < -0.39 is 11.7 Å². The van der Waals surface area contributed by atoms with E-state index in [0.29, 0.717) is 19.5 Å². The number of carbonyl (C=O) groups excluding carboxylic acids is 2. The summed E-state index contributed by atoms with van der Waals surface area (Å²) in [6.07, 6.45) is 5.41. The fourth-order valence-corrected chi connectivity index (χ4v) is 4.84. The van der Waals surface area contributed by atoms with E-state index in [-0.39, 0.29) is 36.6 Å². The van der Waals surface area contributed by atoms with Crippen molar-refractivity contribution in [2.45, 2.75) is 51.0 Å². The SMILES string of the molecule is C=CCOC(=O)N1CC(C)=C[C@]2(C)O[C@H]3[C@H](C(=O)N(CC)[C@@H]3CC=C)[C@H]12. The van der Waals surface area contributed by atoms with E-state index in [1.807, 2.05) is 31.7 Å². The second-order valence-corrected chi connectivity index (χ2v) is 7.44. The topological polar surface area (TPSA) is 59.1 Å². The minimum absolute atomic E-state index is 0.0443. The minimum atomic E-state index is -0.695. The van der Waals surface area contributed by atoms with Gasteiger partial charge in [-0.05, 0) is 27.2 Å². The highest BCUT2D eigenvalue weighted by atomic mass is 16.6. The number of hydrogen-bond acceptors (Lipinski definition) is 4. The van der Waals surface area contributed by atoms with Crippen LogP contribution in [0.2, 0.25) is 0 Å². The summed E-state index contributed by atoms with van der Waals surface area (Å²) >= 11 is 0. The lowest BCUT2D eigenvalue weighted by Gasteiger charge is -2.42. The van der Waals surface area contributed by atoms with Crippen LogP contribution in [-0.4, -0.2) is 65.3 Å². The summed E-state index contributed by atoms with van der Waals surface area (Å²) < 4.78 is 11.7. The zero-order valence-electron chi connectivity index (χ0n) is 15.8. The molecule has 2 amide bonds. The quantitative estimate of drug-likeness (QED) is 0.707. The molecule has 5 atom stereocenters. The van der Waals surface area contributed by atoms with Crippen LogP contribution >= 0.6 is 0 Å². The van der Waals surface area contributed by atoms with Gasteiger partial charge in [-0.15, -0.1) is 6.58 Å². The molecule has 2 fully saturated rings. The van der Waals surface area contributed by atoms with E-state index in [0.717, 1.165) is 5.57 Å². The number of hydrogen-bond donors (Lipinski definition) is 0. The molecule has 3 rings (SSSR count). The average molecular weight is 360 g/mol. The molecule has 0 N–H and O–H groups in total. The number of rotatable bonds is 5. The molecule has 0 bridgehead atoms. The van der Waals surface area contributed by atoms with Crippen LogP contribution in [0.25, 0.3) is 0 Å². The predicted octanol–water partition coefficient (Wildman–Crippen LogP) is 2.52. The lowest BCUT2D eigenvalue weighted by atomic mass is 9.82. The zero-order chi connectivity index (χ0) is 19.1. The third-order valence-corrected chi connectivity index (χ3v) is 5.62. The van der Waals surface area contributed by atoms with Crippen LogP contribution in [0, 0.1) is 5.92 Å². The van der Waals surface area contributed by atoms with Crippen LogP contribution in [0.1, 0.15) is 27.2 Å². The second kappa shape index (κ2) is 6.91.